The number of aromatic nitrogens is 2. The minimum absolute atomic E-state index is 0.157. The number of rotatable bonds is 5. The fourth-order valence-electron chi connectivity index (χ4n) is 2.61. The number of carbonyl (C=O) groups excluding carboxylic acids is 1. The van der Waals surface area contributed by atoms with Crippen LogP contribution in [0.15, 0.2) is 71.4 Å². The Morgan fingerprint density at radius 1 is 1.04 bits per heavy atom. The molecule has 1 amide bonds. The number of benzene rings is 2. The summed E-state index contributed by atoms with van der Waals surface area (Å²) in [6.45, 7) is 2.07. The maximum absolute atomic E-state index is 12.4. The maximum Gasteiger partial charge on any atom is 0.294 e. The van der Waals surface area contributed by atoms with Gasteiger partial charge in [-0.25, -0.2) is 9.97 Å². The van der Waals surface area contributed by atoms with E-state index >= 15 is 0 Å². The van der Waals surface area contributed by atoms with Crippen LogP contribution >= 0.6 is 11.3 Å². The van der Waals surface area contributed by atoms with E-state index in [-0.39, 0.29) is 11.7 Å². The normalized spacial score (nSPS) is 10.7. The van der Waals surface area contributed by atoms with E-state index in [2.05, 4.69) is 46.5 Å². The lowest BCUT2D eigenvalue weighted by molar-refractivity contribution is 0.0997. The zero-order valence-electron chi connectivity index (χ0n) is 14.7. The quantitative estimate of drug-likeness (QED) is 0.536. The molecule has 0 spiro atoms. The van der Waals surface area contributed by atoms with Crippen LogP contribution in [0.25, 0.3) is 11.5 Å². The van der Waals surface area contributed by atoms with Gasteiger partial charge in [-0.2, -0.15) is 0 Å². The molecule has 1 N–H and O–H groups in total. The van der Waals surface area contributed by atoms with Gasteiger partial charge in [0.05, 0.1) is 6.20 Å². The molecule has 0 unspecified atom stereocenters. The highest BCUT2D eigenvalue weighted by atomic mass is 32.1. The van der Waals surface area contributed by atoms with Gasteiger partial charge in [0, 0.05) is 23.1 Å². The lowest BCUT2D eigenvalue weighted by Crippen LogP contribution is -2.10. The van der Waals surface area contributed by atoms with Crippen molar-refractivity contribution in [2.24, 2.45) is 0 Å². The standard InChI is InChI=1S/C21H17N3O2S/c1-14-7-9-15(10-8-14)11-17-12-23-21(27-17)24-19(25)18-13-22-20(26-18)16-5-3-2-4-6-16/h2-10,12-13H,11H2,1H3,(H,23,24,25). The number of aryl methyl sites for hydroxylation is 1. The number of nitrogens with one attached hydrogen (secondary N) is 1. The maximum atomic E-state index is 12.4. The minimum Gasteiger partial charge on any atom is -0.431 e. The van der Waals surface area contributed by atoms with Crippen LogP contribution in [0, 0.1) is 6.92 Å². The van der Waals surface area contributed by atoms with Gasteiger partial charge in [-0.3, -0.25) is 10.1 Å². The lowest BCUT2D eigenvalue weighted by Gasteiger charge is -1.99. The van der Waals surface area contributed by atoms with Gasteiger partial charge in [-0.15, -0.1) is 11.3 Å². The van der Waals surface area contributed by atoms with Gasteiger partial charge in [-0.05, 0) is 24.6 Å². The molecule has 6 heteroatoms. The van der Waals surface area contributed by atoms with Crippen molar-refractivity contribution in [2.75, 3.05) is 5.32 Å². The molecule has 0 radical (unpaired) electrons. The summed E-state index contributed by atoms with van der Waals surface area (Å²) in [4.78, 5) is 21.9. The summed E-state index contributed by atoms with van der Waals surface area (Å²) in [5.74, 6) is 0.213. The van der Waals surface area contributed by atoms with Gasteiger partial charge in [-0.1, -0.05) is 48.0 Å². The Balaban J connectivity index is 1.42. The first kappa shape index (κ1) is 17.2. The Bertz CT molecular complexity index is 1050. The van der Waals surface area contributed by atoms with Crippen molar-refractivity contribution in [2.45, 2.75) is 13.3 Å². The molecule has 4 aromatic rings. The third-order valence-corrected chi connectivity index (χ3v) is 4.94. The van der Waals surface area contributed by atoms with Crippen LogP contribution in [0.3, 0.4) is 0 Å². The Hall–Kier alpha value is -3.25. The van der Waals surface area contributed by atoms with Crippen LogP contribution in [-0.2, 0) is 6.42 Å². The van der Waals surface area contributed by atoms with Crippen LogP contribution in [0.4, 0.5) is 5.13 Å². The number of amides is 1. The molecule has 0 bridgehead atoms. The van der Waals surface area contributed by atoms with Gasteiger partial charge < -0.3 is 4.42 Å². The van der Waals surface area contributed by atoms with E-state index in [1.165, 1.54) is 28.7 Å². The first-order valence-electron chi connectivity index (χ1n) is 8.50. The van der Waals surface area contributed by atoms with E-state index in [9.17, 15) is 4.79 Å². The molecule has 4 rings (SSSR count). The molecule has 0 atom stereocenters. The van der Waals surface area contributed by atoms with Crippen LogP contribution in [0.1, 0.15) is 26.6 Å². The van der Waals surface area contributed by atoms with Gasteiger partial charge in [0.1, 0.15) is 0 Å². The first-order chi connectivity index (χ1) is 13.2. The number of hydrogen-bond acceptors (Lipinski definition) is 5. The van der Waals surface area contributed by atoms with E-state index in [0.29, 0.717) is 11.0 Å². The Morgan fingerprint density at radius 3 is 2.59 bits per heavy atom. The summed E-state index contributed by atoms with van der Waals surface area (Å²) in [5.41, 5.74) is 3.27. The SMILES string of the molecule is Cc1ccc(Cc2cnc(NC(=O)c3cnc(-c4ccccc4)o3)s2)cc1. The van der Waals surface area contributed by atoms with Crippen LogP contribution in [-0.4, -0.2) is 15.9 Å². The van der Waals surface area contributed by atoms with Crippen LogP contribution in [0.5, 0.6) is 0 Å². The molecular weight excluding hydrogens is 358 g/mol. The van der Waals surface area contributed by atoms with E-state index < -0.39 is 0 Å². The largest absolute Gasteiger partial charge is 0.431 e. The highest BCUT2D eigenvalue weighted by Gasteiger charge is 2.15. The zero-order valence-corrected chi connectivity index (χ0v) is 15.5. The third kappa shape index (κ3) is 4.12. The second kappa shape index (κ2) is 7.55. The average molecular weight is 375 g/mol. The molecule has 2 heterocycles. The molecule has 0 saturated carbocycles. The van der Waals surface area contributed by atoms with Crippen molar-refractivity contribution in [3.8, 4) is 11.5 Å². The van der Waals surface area contributed by atoms with Crippen molar-refractivity contribution >= 4 is 22.4 Å². The predicted octanol–water partition coefficient (Wildman–Crippen LogP) is 4.95. The molecule has 2 aromatic heterocycles. The van der Waals surface area contributed by atoms with Crippen LogP contribution in [0.2, 0.25) is 0 Å². The topological polar surface area (TPSA) is 68.0 Å². The number of nitrogens with zero attached hydrogens (tertiary/aromatic N) is 2. The molecule has 0 aliphatic carbocycles. The third-order valence-electron chi connectivity index (χ3n) is 4.02. The smallest absolute Gasteiger partial charge is 0.294 e. The summed E-state index contributed by atoms with van der Waals surface area (Å²) in [6.07, 6.45) is 4.00. The zero-order chi connectivity index (χ0) is 18.6. The second-order valence-corrected chi connectivity index (χ2v) is 7.26. The Kier molecular flexibility index (Phi) is 4.80. The van der Waals surface area contributed by atoms with E-state index in [0.717, 1.165) is 16.9 Å². The van der Waals surface area contributed by atoms with E-state index in [1.54, 1.807) is 6.20 Å². The van der Waals surface area contributed by atoms with E-state index in [4.69, 9.17) is 4.42 Å². The number of carbonyl (C=O) groups is 1. The fraction of sp³-hybridized carbons (Fsp3) is 0.0952. The van der Waals surface area contributed by atoms with E-state index in [1.807, 2.05) is 30.3 Å². The molecule has 0 aliphatic rings. The number of anilines is 1. The summed E-state index contributed by atoms with van der Waals surface area (Å²) < 4.78 is 5.57. The average Bonchev–Trinajstić information content (AvgIpc) is 3.34. The molecule has 27 heavy (non-hydrogen) atoms. The molecule has 5 nitrogen and oxygen atoms in total. The number of oxazole rings is 1. The monoisotopic (exact) mass is 375 g/mol. The Labute approximate surface area is 160 Å². The summed E-state index contributed by atoms with van der Waals surface area (Å²) in [6, 6.07) is 17.9. The molecule has 2 aromatic carbocycles. The van der Waals surface area contributed by atoms with Gasteiger partial charge in [0.25, 0.3) is 5.91 Å². The summed E-state index contributed by atoms with van der Waals surface area (Å²) >= 11 is 1.45. The number of hydrogen-bond donors (Lipinski definition) is 1. The number of thiazole rings is 1. The van der Waals surface area contributed by atoms with Crippen molar-refractivity contribution < 1.29 is 9.21 Å². The van der Waals surface area contributed by atoms with Gasteiger partial charge in [0.15, 0.2) is 5.13 Å². The van der Waals surface area contributed by atoms with Crippen molar-refractivity contribution in [1.82, 2.24) is 9.97 Å². The fourth-order valence-corrected chi connectivity index (χ4v) is 3.45. The molecule has 0 aliphatic heterocycles. The highest BCUT2D eigenvalue weighted by molar-refractivity contribution is 7.15. The predicted molar refractivity (Wildman–Crippen MR) is 106 cm³/mol. The first-order valence-corrected chi connectivity index (χ1v) is 9.32. The Morgan fingerprint density at radius 2 is 1.81 bits per heavy atom. The van der Waals surface area contributed by atoms with Crippen molar-refractivity contribution in [3.63, 3.8) is 0 Å². The lowest BCUT2D eigenvalue weighted by atomic mass is 10.1. The molecule has 0 fully saturated rings. The van der Waals surface area contributed by atoms with Crippen molar-refractivity contribution in [3.05, 3.63) is 88.8 Å². The van der Waals surface area contributed by atoms with Crippen LogP contribution < -0.4 is 5.32 Å². The van der Waals surface area contributed by atoms with Gasteiger partial charge in [0.2, 0.25) is 11.7 Å². The van der Waals surface area contributed by atoms with Crippen molar-refractivity contribution in [1.29, 1.82) is 0 Å². The summed E-state index contributed by atoms with van der Waals surface area (Å²) in [5, 5.41) is 3.31. The highest BCUT2D eigenvalue weighted by Crippen LogP contribution is 2.23. The van der Waals surface area contributed by atoms with Gasteiger partial charge >= 0.3 is 0 Å². The molecule has 0 saturated heterocycles. The minimum atomic E-state index is -0.360. The summed E-state index contributed by atoms with van der Waals surface area (Å²) in [7, 11) is 0. The molecular formula is C21H17N3O2S. The molecule has 134 valence electrons. The second-order valence-electron chi connectivity index (χ2n) is 6.14.